The fourth-order valence-corrected chi connectivity index (χ4v) is 4.45. The van der Waals surface area contributed by atoms with Crippen LogP contribution in [0.5, 0.6) is 5.75 Å². The Bertz CT molecular complexity index is 1060. The van der Waals surface area contributed by atoms with Crippen molar-refractivity contribution in [1.29, 1.82) is 0 Å². The Hall–Kier alpha value is -3.52. The molecule has 4 rings (SSSR count). The van der Waals surface area contributed by atoms with Gasteiger partial charge in [-0.05, 0) is 36.2 Å². The van der Waals surface area contributed by atoms with Gasteiger partial charge in [-0.1, -0.05) is 30.3 Å². The summed E-state index contributed by atoms with van der Waals surface area (Å²) in [5.74, 6) is 0.183. The molecule has 33 heavy (non-hydrogen) atoms. The lowest BCUT2D eigenvalue weighted by atomic mass is 9.94. The molecule has 2 aliphatic heterocycles. The number of aryl methyl sites for hydroxylation is 1. The van der Waals surface area contributed by atoms with E-state index in [9.17, 15) is 9.59 Å². The van der Waals surface area contributed by atoms with Gasteiger partial charge in [-0.3, -0.25) is 4.90 Å². The second kappa shape index (κ2) is 9.95. The van der Waals surface area contributed by atoms with Crippen molar-refractivity contribution in [3.05, 3.63) is 70.9 Å². The fourth-order valence-electron chi connectivity index (χ4n) is 4.45. The van der Waals surface area contributed by atoms with E-state index in [2.05, 4.69) is 51.6 Å². The zero-order valence-corrected chi connectivity index (χ0v) is 19.3. The minimum atomic E-state index is -0.621. The summed E-state index contributed by atoms with van der Waals surface area (Å²) in [6.45, 7) is 5.96. The van der Waals surface area contributed by atoms with Gasteiger partial charge in [-0.15, -0.1) is 0 Å². The van der Waals surface area contributed by atoms with Crippen LogP contribution in [0.25, 0.3) is 0 Å². The van der Waals surface area contributed by atoms with Crippen molar-refractivity contribution in [2.75, 3.05) is 51.8 Å². The van der Waals surface area contributed by atoms with Crippen LogP contribution in [0.15, 0.2) is 59.8 Å². The number of ether oxygens (including phenoxy) is 2. The van der Waals surface area contributed by atoms with Gasteiger partial charge in [0.25, 0.3) is 0 Å². The van der Waals surface area contributed by atoms with Crippen LogP contribution in [-0.2, 0) is 9.53 Å². The predicted octanol–water partition coefficient (Wildman–Crippen LogP) is 2.61. The number of hydrogen-bond donors (Lipinski definition) is 2. The Morgan fingerprint density at radius 3 is 2.52 bits per heavy atom. The third-order valence-corrected chi connectivity index (χ3v) is 6.20. The molecule has 0 saturated carbocycles. The van der Waals surface area contributed by atoms with E-state index in [1.54, 1.807) is 7.11 Å². The summed E-state index contributed by atoms with van der Waals surface area (Å²) in [4.78, 5) is 30.0. The van der Waals surface area contributed by atoms with Crippen molar-refractivity contribution in [2.24, 2.45) is 0 Å². The number of amides is 2. The van der Waals surface area contributed by atoms with Crippen molar-refractivity contribution >= 4 is 17.7 Å². The summed E-state index contributed by atoms with van der Waals surface area (Å²) in [5.41, 5.74) is 4.24. The highest BCUT2D eigenvalue weighted by molar-refractivity contribution is 5.95. The lowest BCUT2D eigenvalue weighted by Crippen LogP contribution is -2.51. The summed E-state index contributed by atoms with van der Waals surface area (Å²) < 4.78 is 10.4. The number of piperazine rings is 1. The van der Waals surface area contributed by atoms with E-state index in [0.29, 0.717) is 23.6 Å². The molecule has 2 aromatic rings. The smallest absolute Gasteiger partial charge is 0.338 e. The van der Waals surface area contributed by atoms with E-state index in [4.69, 9.17) is 9.47 Å². The Kier molecular flexibility index (Phi) is 6.84. The Labute approximate surface area is 194 Å². The number of benzene rings is 2. The third-order valence-electron chi connectivity index (χ3n) is 6.20. The molecular weight excluding hydrogens is 420 g/mol. The predicted molar refractivity (Wildman–Crippen MR) is 126 cm³/mol. The molecule has 1 saturated heterocycles. The number of para-hydroxylation sites is 1. The Morgan fingerprint density at radius 1 is 1.06 bits per heavy atom. The molecule has 174 valence electrons. The molecule has 0 aliphatic carbocycles. The molecule has 1 atom stereocenters. The summed E-state index contributed by atoms with van der Waals surface area (Å²) >= 11 is 0. The van der Waals surface area contributed by atoms with Crippen molar-refractivity contribution in [1.82, 2.24) is 15.5 Å². The van der Waals surface area contributed by atoms with Crippen molar-refractivity contribution < 1.29 is 19.1 Å². The van der Waals surface area contributed by atoms with Gasteiger partial charge in [0.05, 0.1) is 25.8 Å². The zero-order valence-electron chi connectivity index (χ0n) is 19.3. The standard InChI is InChI=1S/C25H30N4O4/c1-17-7-4-5-10-21(17)29-13-11-28(12-14-29)16-20-22(24(30)33-3)23(27-25(31)26-20)18-8-6-9-19(15-18)32-2/h4-10,15,23H,11-14,16H2,1-3H3,(H2,26,27,31)/t23-/m1/s1. The summed E-state index contributed by atoms with van der Waals surface area (Å²) in [5, 5.41) is 5.71. The lowest BCUT2D eigenvalue weighted by Gasteiger charge is -2.38. The highest BCUT2D eigenvalue weighted by atomic mass is 16.5. The molecule has 2 amide bonds. The Morgan fingerprint density at radius 2 is 1.82 bits per heavy atom. The molecule has 0 radical (unpaired) electrons. The van der Waals surface area contributed by atoms with Gasteiger partial charge in [0, 0.05) is 44.1 Å². The van der Waals surface area contributed by atoms with Crippen LogP contribution in [0.3, 0.4) is 0 Å². The van der Waals surface area contributed by atoms with Gasteiger partial charge in [0.15, 0.2) is 0 Å². The summed E-state index contributed by atoms with van der Waals surface area (Å²) in [7, 11) is 2.94. The normalized spacial score (nSPS) is 19.1. The molecule has 0 spiro atoms. The molecule has 2 aliphatic rings. The van der Waals surface area contributed by atoms with Crippen molar-refractivity contribution in [2.45, 2.75) is 13.0 Å². The largest absolute Gasteiger partial charge is 0.497 e. The second-order valence-corrected chi connectivity index (χ2v) is 8.24. The minimum Gasteiger partial charge on any atom is -0.497 e. The van der Waals surface area contributed by atoms with Gasteiger partial charge in [0.2, 0.25) is 0 Å². The van der Waals surface area contributed by atoms with E-state index in [-0.39, 0.29) is 6.03 Å². The lowest BCUT2D eigenvalue weighted by molar-refractivity contribution is -0.136. The molecule has 0 aromatic heterocycles. The summed E-state index contributed by atoms with van der Waals surface area (Å²) in [6.07, 6.45) is 0. The maximum absolute atomic E-state index is 12.8. The minimum absolute atomic E-state index is 0.344. The molecule has 0 unspecified atom stereocenters. The number of carbonyl (C=O) groups is 2. The second-order valence-electron chi connectivity index (χ2n) is 8.24. The molecule has 2 N–H and O–H groups in total. The van der Waals surface area contributed by atoms with Crippen LogP contribution in [0.4, 0.5) is 10.5 Å². The number of nitrogens with zero attached hydrogens (tertiary/aromatic N) is 2. The van der Waals surface area contributed by atoms with Crippen LogP contribution < -0.4 is 20.3 Å². The molecule has 2 aromatic carbocycles. The Balaban J connectivity index is 1.56. The van der Waals surface area contributed by atoms with Crippen molar-refractivity contribution in [3.63, 3.8) is 0 Å². The van der Waals surface area contributed by atoms with Crippen LogP contribution in [0.2, 0.25) is 0 Å². The van der Waals surface area contributed by atoms with Crippen molar-refractivity contribution in [3.8, 4) is 5.75 Å². The van der Waals surface area contributed by atoms with E-state index in [1.807, 2.05) is 24.3 Å². The SMILES string of the molecule is COC(=O)C1=C(CN2CCN(c3ccccc3C)CC2)NC(=O)N[C@@H]1c1cccc(OC)c1. The van der Waals surface area contributed by atoms with Gasteiger partial charge >= 0.3 is 12.0 Å². The van der Waals surface area contributed by atoms with E-state index in [1.165, 1.54) is 18.4 Å². The number of esters is 1. The number of nitrogens with one attached hydrogen (secondary N) is 2. The number of anilines is 1. The monoisotopic (exact) mass is 450 g/mol. The fraction of sp³-hybridized carbons (Fsp3) is 0.360. The summed E-state index contributed by atoms with van der Waals surface area (Å²) in [6, 6.07) is 14.8. The molecule has 8 nitrogen and oxygen atoms in total. The zero-order chi connectivity index (χ0) is 23.4. The van der Waals surface area contributed by atoms with Gasteiger partial charge < -0.3 is 25.0 Å². The average Bonchev–Trinajstić information content (AvgIpc) is 2.84. The number of hydrogen-bond acceptors (Lipinski definition) is 6. The number of methoxy groups -OCH3 is 2. The maximum atomic E-state index is 12.8. The molecular formula is C25H30N4O4. The first kappa shape index (κ1) is 22.7. The van der Waals surface area contributed by atoms with E-state index < -0.39 is 12.0 Å². The molecule has 2 heterocycles. The average molecular weight is 451 g/mol. The van der Waals surface area contributed by atoms with Crippen LogP contribution in [-0.4, -0.2) is 63.8 Å². The van der Waals surface area contributed by atoms with E-state index in [0.717, 1.165) is 31.7 Å². The molecule has 0 bridgehead atoms. The van der Waals surface area contributed by atoms with Gasteiger partial charge in [-0.25, -0.2) is 9.59 Å². The van der Waals surface area contributed by atoms with Crippen LogP contribution in [0.1, 0.15) is 17.2 Å². The highest BCUT2D eigenvalue weighted by Crippen LogP contribution is 2.30. The quantitative estimate of drug-likeness (QED) is 0.659. The number of rotatable bonds is 6. The molecule has 1 fully saturated rings. The van der Waals surface area contributed by atoms with Crippen LogP contribution >= 0.6 is 0 Å². The highest BCUT2D eigenvalue weighted by Gasteiger charge is 2.34. The number of urea groups is 1. The topological polar surface area (TPSA) is 83.1 Å². The van der Waals surface area contributed by atoms with E-state index >= 15 is 0 Å². The maximum Gasteiger partial charge on any atom is 0.338 e. The first-order valence-corrected chi connectivity index (χ1v) is 11.1. The van der Waals surface area contributed by atoms with Crippen LogP contribution in [0, 0.1) is 6.92 Å². The first-order chi connectivity index (χ1) is 16.0. The third kappa shape index (κ3) is 4.96. The first-order valence-electron chi connectivity index (χ1n) is 11.1. The van der Waals surface area contributed by atoms with Gasteiger partial charge in [0.1, 0.15) is 5.75 Å². The molecule has 8 heteroatoms. The number of carbonyl (C=O) groups excluding carboxylic acids is 2. The van der Waals surface area contributed by atoms with Gasteiger partial charge in [-0.2, -0.15) is 0 Å².